The Hall–Kier alpha value is -1.52. The van der Waals surface area contributed by atoms with Crippen LogP contribution >= 0.6 is 22.9 Å². The van der Waals surface area contributed by atoms with Crippen molar-refractivity contribution in [3.63, 3.8) is 0 Å². The maximum Gasteiger partial charge on any atom is 0.173 e. The molecule has 19 heavy (non-hydrogen) atoms. The normalized spacial score (nSPS) is 10.2. The Balaban J connectivity index is 1.81. The molecule has 0 saturated heterocycles. The minimum absolute atomic E-state index is 0.0146. The summed E-state index contributed by atoms with van der Waals surface area (Å²) in [6.07, 6.45) is 0. The van der Waals surface area contributed by atoms with Gasteiger partial charge in [0, 0.05) is 11.9 Å². The molecule has 1 aromatic carbocycles. The van der Waals surface area contributed by atoms with Gasteiger partial charge in [-0.15, -0.1) is 11.3 Å². The minimum Gasteiger partial charge on any atom is -0.490 e. The Morgan fingerprint density at radius 2 is 2.05 bits per heavy atom. The van der Waals surface area contributed by atoms with Crippen molar-refractivity contribution >= 4 is 28.7 Å². The smallest absolute Gasteiger partial charge is 0.173 e. The molecule has 0 atom stereocenters. The number of Topliss-reactive ketones (excluding diaryl/α,β-unsaturated/α-hetero) is 1. The van der Waals surface area contributed by atoms with E-state index in [-0.39, 0.29) is 5.78 Å². The molecule has 0 aliphatic rings. The van der Waals surface area contributed by atoms with E-state index in [1.54, 1.807) is 18.2 Å². The Labute approximate surface area is 120 Å². The van der Waals surface area contributed by atoms with Gasteiger partial charge in [-0.25, -0.2) is 0 Å². The van der Waals surface area contributed by atoms with Gasteiger partial charge in [-0.2, -0.15) is 0 Å². The number of carbonyl (C=O) groups is 1. The van der Waals surface area contributed by atoms with E-state index >= 15 is 0 Å². The number of hydrogen-bond acceptors (Lipinski definition) is 4. The van der Waals surface area contributed by atoms with Gasteiger partial charge in [-0.05, 0) is 29.6 Å². The van der Waals surface area contributed by atoms with Crippen molar-refractivity contribution in [3.05, 3.63) is 45.6 Å². The van der Waals surface area contributed by atoms with Crippen LogP contribution in [-0.2, 0) is 0 Å². The van der Waals surface area contributed by atoms with Crippen LogP contribution in [0.15, 0.2) is 35.7 Å². The third-order valence-corrected chi connectivity index (χ3v) is 3.59. The van der Waals surface area contributed by atoms with Crippen LogP contribution in [0.4, 0.5) is 0 Å². The van der Waals surface area contributed by atoms with Crippen molar-refractivity contribution < 1.29 is 14.3 Å². The first-order valence-corrected chi connectivity index (χ1v) is 7.02. The fourth-order valence-electron chi connectivity index (χ4n) is 1.54. The summed E-state index contributed by atoms with van der Waals surface area (Å²) in [6.45, 7) is 2.30. The van der Waals surface area contributed by atoms with Crippen molar-refractivity contribution in [1.29, 1.82) is 0 Å². The van der Waals surface area contributed by atoms with Crippen LogP contribution in [0.2, 0.25) is 5.02 Å². The van der Waals surface area contributed by atoms with Gasteiger partial charge in [0.05, 0.1) is 0 Å². The van der Waals surface area contributed by atoms with Gasteiger partial charge in [0.25, 0.3) is 0 Å². The quantitative estimate of drug-likeness (QED) is 0.595. The molecule has 1 heterocycles. The van der Waals surface area contributed by atoms with Crippen molar-refractivity contribution in [2.24, 2.45) is 0 Å². The van der Waals surface area contributed by atoms with E-state index in [0.717, 1.165) is 0 Å². The summed E-state index contributed by atoms with van der Waals surface area (Å²) in [5.41, 5.74) is 0. The fraction of sp³-hybridized carbons (Fsp3) is 0.214. The third-order valence-electron chi connectivity index (χ3n) is 2.35. The second-order valence-corrected chi connectivity index (χ2v) is 5.18. The van der Waals surface area contributed by atoms with Crippen LogP contribution in [0, 0.1) is 0 Å². The zero-order valence-corrected chi connectivity index (χ0v) is 12.0. The van der Waals surface area contributed by atoms with Crippen molar-refractivity contribution in [2.45, 2.75) is 6.92 Å². The zero-order valence-electron chi connectivity index (χ0n) is 10.4. The highest BCUT2D eigenvalue weighted by Gasteiger charge is 2.09. The Morgan fingerprint density at radius 3 is 2.79 bits per heavy atom. The molecular weight excluding hydrogens is 284 g/mol. The summed E-state index contributed by atoms with van der Waals surface area (Å²) < 4.78 is 11.0. The number of hydrogen-bond donors (Lipinski definition) is 0. The molecule has 0 radical (unpaired) electrons. The molecule has 2 aromatic rings. The molecule has 0 saturated carbocycles. The molecule has 0 aliphatic carbocycles. The second kappa shape index (κ2) is 6.59. The summed E-state index contributed by atoms with van der Waals surface area (Å²) in [7, 11) is 0. The number of ether oxygens (including phenoxy) is 2. The molecule has 0 N–H and O–H groups in total. The van der Waals surface area contributed by atoms with E-state index in [1.807, 2.05) is 17.5 Å². The SMILES string of the molecule is CC(=O)c1sccc1OCCOc1cccc(Cl)c1. The largest absolute Gasteiger partial charge is 0.490 e. The minimum atomic E-state index is 0.0146. The first-order valence-electron chi connectivity index (χ1n) is 5.76. The lowest BCUT2D eigenvalue weighted by molar-refractivity contribution is 0.101. The number of thiophene rings is 1. The fourth-order valence-corrected chi connectivity index (χ4v) is 2.45. The van der Waals surface area contributed by atoms with Crippen LogP contribution in [0.1, 0.15) is 16.6 Å². The van der Waals surface area contributed by atoms with Gasteiger partial charge < -0.3 is 9.47 Å². The Morgan fingerprint density at radius 1 is 1.26 bits per heavy atom. The van der Waals surface area contributed by atoms with Gasteiger partial charge in [0.1, 0.15) is 29.6 Å². The third kappa shape index (κ3) is 3.98. The highest BCUT2D eigenvalue weighted by atomic mass is 35.5. The highest BCUT2D eigenvalue weighted by molar-refractivity contribution is 7.12. The molecule has 1 aromatic heterocycles. The number of rotatable bonds is 6. The molecule has 3 nitrogen and oxygen atoms in total. The van der Waals surface area contributed by atoms with Gasteiger partial charge >= 0.3 is 0 Å². The maximum absolute atomic E-state index is 11.3. The lowest BCUT2D eigenvalue weighted by atomic mass is 10.3. The standard InChI is InChI=1S/C14H13ClO3S/c1-10(16)14-13(5-8-19-14)18-7-6-17-12-4-2-3-11(15)9-12/h2-5,8-9H,6-7H2,1H3. The van der Waals surface area contributed by atoms with Crippen LogP contribution in [0.25, 0.3) is 0 Å². The predicted molar refractivity (Wildman–Crippen MR) is 76.8 cm³/mol. The van der Waals surface area contributed by atoms with Gasteiger partial charge in [-0.3, -0.25) is 4.79 Å². The number of halogens is 1. The molecule has 0 bridgehead atoms. The van der Waals surface area contributed by atoms with E-state index in [4.69, 9.17) is 21.1 Å². The second-order valence-electron chi connectivity index (χ2n) is 3.82. The molecule has 5 heteroatoms. The van der Waals surface area contributed by atoms with Crippen LogP contribution < -0.4 is 9.47 Å². The van der Waals surface area contributed by atoms with Crippen LogP contribution in [0.3, 0.4) is 0 Å². The molecule has 0 fully saturated rings. The monoisotopic (exact) mass is 296 g/mol. The number of ketones is 1. The van der Waals surface area contributed by atoms with Gasteiger partial charge in [0.2, 0.25) is 0 Å². The van der Waals surface area contributed by atoms with Crippen molar-refractivity contribution in [1.82, 2.24) is 0 Å². The lowest BCUT2D eigenvalue weighted by Gasteiger charge is -2.08. The van der Waals surface area contributed by atoms with Crippen molar-refractivity contribution in [3.8, 4) is 11.5 Å². The number of benzene rings is 1. The predicted octanol–water partition coefficient (Wildman–Crippen LogP) is 4.06. The molecule has 0 spiro atoms. The average Bonchev–Trinajstić information content (AvgIpc) is 2.83. The van der Waals surface area contributed by atoms with E-state index in [2.05, 4.69) is 0 Å². The highest BCUT2D eigenvalue weighted by Crippen LogP contribution is 2.25. The zero-order chi connectivity index (χ0) is 13.7. The van der Waals surface area contributed by atoms with E-state index in [9.17, 15) is 4.79 Å². The Bertz CT molecular complexity index is 565. The van der Waals surface area contributed by atoms with Crippen molar-refractivity contribution in [2.75, 3.05) is 13.2 Å². The summed E-state index contributed by atoms with van der Waals surface area (Å²) in [4.78, 5) is 11.9. The Kier molecular flexibility index (Phi) is 4.82. The average molecular weight is 297 g/mol. The van der Waals surface area contributed by atoms with Crippen LogP contribution in [-0.4, -0.2) is 19.0 Å². The van der Waals surface area contributed by atoms with Gasteiger partial charge in [0.15, 0.2) is 5.78 Å². The summed E-state index contributed by atoms with van der Waals surface area (Å²) in [5.74, 6) is 1.33. The molecule has 2 rings (SSSR count). The van der Waals surface area contributed by atoms with Gasteiger partial charge in [-0.1, -0.05) is 17.7 Å². The summed E-state index contributed by atoms with van der Waals surface area (Å²) >= 11 is 7.23. The first kappa shape index (κ1) is 13.9. The van der Waals surface area contributed by atoms with E-state index < -0.39 is 0 Å². The van der Waals surface area contributed by atoms with Crippen LogP contribution in [0.5, 0.6) is 11.5 Å². The maximum atomic E-state index is 11.3. The molecule has 0 aliphatic heterocycles. The molecule has 100 valence electrons. The molecule has 0 amide bonds. The summed E-state index contributed by atoms with van der Waals surface area (Å²) in [6, 6.07) is 8.98. The topological polar surface area (TPSA) is 35.5 Å². The number of carbonyl (C=O) groups excluding carboxylic acids is 1. The van der Waals surface area contributed by atoms with E-state index in [0.29, 0.717) is 34.6 Å². The summed E-state index contributed by atoms with van der Waals surface area (Å²) in [5, 5.41) is 2.47. The lowest BCUT2D eigenvalue weighted by Crippen LogP contribution is -2.09. The molecular formula is C14H13ClO3S. The molecule has 0 unspecified atom stereocenters. The first-order chi connectivity index (χ1) is 9.16. The van der Waals surface area contributed by atoms with E-state index in [1.165, 1.54) is 18.3 Å².